The number of nitrogens with zero attached hydrogens (tertiary/aromatic N) is 4. The Balaban J connectivity index is 1.48. The zero-order valence-corrected chi connectivity index (χ0v) is 23.0. The van der Waals surface area contributed by atoms with Crippen molar-refractivity contribution in [3.63, 3.8) is 0 Å². The minimum atomic E-state index is -6.34. The Hall–Kier alpha value is -2.61. The van der Waals surface area contributed by atoms with Gasteiger partial charge in [-0.1, -0.05) is 34.8 Å². The Labute approximate surface area is 242 Å². The van der Waals surface area contributed by atoms with E-state index in [1.807, 2.05) is 6.92 Å². The third kappa shape index (κ3) is 5.37. The van der Waals surface area contributed by atoms with Crippen molar-refractivity contribution in [1.82, 2.24) is 19.7 Å². The molecule has 1 aliphatic carbocycles. The highest BCUT2D eigenvalue weighted by Gasteiger charge is 2.73. The van der Waals surface area contributed by atoms with E-state index in [0.717, 1.165) is 17.5 Å². The van der Waals surface area contributed by atoms with Gasteiger partial charge < -0.3 is 9.64 Å². The molecular weight excluding hydrogens is 628 g/mol. The van der Waals surface area contributed by atoms with Gasteiger partial charge in [-0.05, 0) is 38.0 Å². The molecule has 0 radical (unpaired) electrons. The Kier molecular flexibility index (Phi) is 7.49. The highest BCUT2D eigenvalue weighted by Crippen LogP contribution is 2.54. The molecule has 2 aromatic heterocycles. The Bertz CT molecular complexity index is 1470. The van der Waals surface area contributed by atoms with Crippen molar-refractivity contribution < 1.29 is 40.3 Å². The molecule has 0 bridgehead atoms. The van der Waals surface area contributed by atoms with Gasteiger partial charge in [-0.3, -0.25) is 4.79 Å². The summed E-state index contributed by atoms with van der Waals surface area (Å²) in [5.41, 5.74) is -7.02. The van der Waals surface area contributed by atoms with Crippen LogP contribution in [-0.2, 0) is 10.4 Å². The highest BCUT2D eigenvalue weighted by molar-refractivity contribution is 6.38. The SMILES string of the molecule is CC(C1CO1)N(C(=O)c1cc(-c2cnn(-c3c(Cl)cc(C(F)(C(F)(F)F)C(F)(F)F)cc3Cl)c2)cnc1Cl)C1CC1. The topological polar surface area (TPSA) is 63.6 Å². The van der Waals surface area contributed by atoms with Crippen LogP contribution in [0, 0.1) is 0 Å². The van der Waals surface area contributed by atoms with Crippen molar-refractivity contribution in [3.8, 4) is 16.8 Å². The minimum absolute atomic E-state index is 0.0357. The number of hydrogen-bond donors (Lipinski definition) is 0. The first-order chi connectivity index (χ1) is 19.0. The van der Waals surface area contributed by atoms with E-state index in [9.17, 15) is 35.5 Å². The Morgan fingerprint density at radius 3 is 2.10 bits per heavy atom. The van der Waals surface area contributed by atoms with Crippen molar-refractivity contribution in [2.75, 3.05) is 6.61 Å². The van der Waals surface area contributed by atoms with Crippen LogP contribution in [0.3, 0.4) is 0 Å². The molecule has 0 spiro atoms. The molecular formula is C25H18Cl3F7N4O2. The number of aromatic nitrogens is 3. The van der Waals surface area contributed by atoms with Crippen LogP contribution < -0.4 is 0 Å². The fourth-order valence-electron chi connectivity index (χ4n) is 4.51. The lowest BCUT2D eigenvalue weighted by molar-refractivity contribution is -0.348. The molecule has 1 saturated heterocycles. The lowest BCUT2D eigenvalue weighted by Crippen LogP contribution is -2.50. The van der Waals surface area contributed by atoms with Gasteiger partial charge in [0.2, 0.25) is 0 Å². The standard InChI is InChI=1S/C25H18Cl3F7N4O2/c1-11(19-10-41-19)39(15-2-3-15)22(40)16-4-12(7-36-21(16)28)13-8-37-38(9-13)20-17(26)5-14(6-18(20)27)23(29,24(30,31)32)25(33,34)35/h4-9,11,15,19H,2-3,10H2,1H3. The molecule has 41 heavy (non-hydrogen) atoms. The smallest absolute Gasteiger partial charge is 0.371 e. The second-order valence-electron chi connectivity index (χ2n) is 9.73. The summed E-state index contributed by atoms with van der Waals surface area (Å²) >= 11 is 18.3. The zero-order chi connectivity index (χ0) is 30.1. The molecule has 16 heteroatoms. The van der Waals surface area contributed by atoms with Crippen LogP contribution in [0.2, 0.25) is 15.2 Å². The van der Waals surface area contributed by atoms with Gasteiger partial charge in [-0.2, -0.15) is 31.4 Å². The summed E-state index contributed by atoms with van der Waals surface area (Å²) in [6.45, 7) is 2.44. The molecule has 6 nitrogen and oxygen atoms in total. The first-order valence-corrected chi connectivity index (χ1v) is 13.1. The number of epoxide rings is 1. The molecule has 2 fully saturated rings. The van der Waals surface area contributed by atoms with Gasteiger partial charge in [0.25, 0.3) is 5.91 Å². The fourth-order valence-corrected chi connectivity index (χ4v) is 5.35. The summed E-state index contributed by atoms with van der Waals surface area (Å²) in [6, 6.07) is 1.76. The van der Waals surface area contributed by atoms with E-state index in [2.05, 4.69) is 10.1 Å². The molecule has 1 aliphatic heterocycles. The van der Waals surface area contributed by atoms with Crippen molar-refractivity contribution >= 4 is 40.7 Å². The number of hydrogen-bond acceptors (Lipinski definition) is 4. The lowest BCUT2D eigenvalue weighted by atomic mass is 9.94. The first-order valence-electron chi connectivity index (χ1n) is 12.0. The zero-order valence-electron chi connectivity index (χ0n) is 20.7. The molecule has 220 valence electrons. The van der Waals surface area contributed by atoms with E-state index < -0.39 is 33.6 Å². The molecule has 2 aliphatic rings. The van der Waals surface area contributed by atoms with E-state index in [0.29, 0.717) is 17.7 Å². The Morgan fingerprint density at radius 2 is 1.59 bits per heavy atom. The number of rotatable bonds is 7. The van der Waals surface area contributed by atoms with Gasteiger partial charge >= 0.3 is 18.0 Å². The van der Waals surface area contributed by atoms with Crippen LogP contribution in [0.4, 0.5) is 30.7 Å². The first kappa shape index (κ1) is 29.9. The predicted molar refractivity (Wildman–Crippen MR) is 135 cm³/mol. The normalized spacial score (nSPS) is 18.4. The lowest BCUT2D eigenvalue weighted by Gasteiger charge is -2.30. The molecule has 5 rings (SSSR count). The Morgan fingerprint density at radius 1 is 1.00 bits per heavy atom. The monoisotopic (exact) mass is 644 g/mol. The molecule has 1 saturated carbocycles. The molecule has 1 amide bonds. The average molecular weight is 646 g/mol. The van der Waals surface area contributed by atoms with E-state index in [-0.39, 0.29) is 52.6 Å². The maximum atomic E-state index is 14.6. The number of carbonyl (C=O) groups excluding carboxylic acids is 1. The maximum absolute atomic E-state index is 14.6. The van der Waals surface area contributed by atoms with E-state index in [4.69, 9.17) is 39.5 Å². The second-order valence-corrected chi connectivity index (χ2v) is 10.9. The van der Waals surface area contributed by atoms with Crippen LogP contribution in [0.1, 0.15) is 35.7 Å². The van der Waals surface area contributed by atoms with Gasteiger partial charge in [0, 0.05) is 35.1 Å². The highest BCUT2D eigenvalue weighted by atomic mass is 35.5. The summed E-state index contributed by atoms with van der Waals surface area (Å²) in [7, 11) is 0. The van der Waals surface area contributed by atoms with Crippen LogP contribution in [0.25, 0.3) is 16.8 Å². The molecule has 1 aromatic carbocycles. The van der Waals surface area contributed by atoms with Crippen molar-refractivity contribution in [2.45, 2.75) is 56.0 Å². The summed E-state index contributed by atoms with van der Waals surface area (Å²) in [5.74, 6) is -0.340. The molecule has 0 N–H and O–H groups in total. The summed E-state index contributed by atoms with van der Waals surface area (Å²) in [5, 5.41) is 2.56. The molecule has 3 heterocycles. The van der Waals surface area contributed by atoms with Crippen LogP contribution in [0.5, 0.6) is 0 Å². The van der Waals surface area contributed by atoms with Gasteiger partial charge in [0.05, 0.1) is 34.5 Å². The summed E-state index contributed by atoms with van der Waals surface area (Å²) in [4.78, 5) is 19.3. The maximum Gasteiger partial charge on any atom is 0.435 e. The average Bonchev–Trinajstić information content (AvgIpc) is 3.81. The summed E-state index contributed by atoms with van der Waals surface area (Å²) in [6.07, 6.45) is -7.12. The van der Waals surface area contributed by atoms with Crippen LogP contribution >= 0.6 is 34.8 Å². The number of ether oxygens (including phenoxy) is 1. The third-order valence-electron chi connectivity index (χ3n) is 6.92. The number of amides is 1. The van der Waals surface area contributed by atoms with E-state index in [1.165, 1.54) is 24.7 Å². The number of pyridine rings is 1. The number of benzene rings is 1. The van der Waals surface area contributed by atoms with Gasteiger partial charge in [-0.15, -0.1) is 0 Å². The number of halogens is 10. The van der Waals surface area contributed by atoms with Crippen LogP contribution in [-0.4, -0.2) is 62.7 Å². The molecule has 2 unspecified atom stereocenters. The van der Waals surface area contributed by atoms with Gasteiger partial charge in [-0.25, -0.2) is 14.1 Å². The summed E-state index contributed by atoms with van der Waals surface area (Å²) < 4.78 is 100. The molecule has 2 atom stereocenters. The predicted octanol–water partition coefficient (Wildman–Crippen LogP) is 7.58. The van der Waals surface area contributed by atoms with Crippen molar-refractivity contribution in [2.24, 2.45) is 0 Å². The molecule has 3 aromatic rings. The van der Waals surface area contributed by atoms with Crippen LogP contribution in [0.15, 0.2) is 36.8 Å². The quantitative estimate of drug-likeness (QED) is 0.151. The number of carbonyl (C=O) groups is 1. The van der Waals surface area contributed by atoms with E-state index in [1.54, 1.807) is 4.90 Å². The largest absolute Gasteiger partial charge is 0.435 e. The van der Waals surface area contributed by atoms with Gasteiger partial charge in [0.15, 0.2) is 0 Å². The third-order valence-corrected chi connectivity index (χ3v) is 7.80. The van der Waals surface area contributed by atoms with Gasteiger partial charge in [0.1, 0.15) is 16.9 Å². The van der Waals surface area contributed by atoms with Crippen molar-refractivity contribution in [1.29, 1.82) is 0 Å². The number of alkyl halides is 7. The van der Waals surface area contributed by atoms with Crippen molar-refractivity contribution in [3.05, 3.63) is 63.1 Å². The second kappa shape index (κ2) is 10.3. The minimum Gasteiger partial charge on any atom is -0.371 e. The fraction of sp³-hybridized carbons (Fsp3) is 0.400. The van der Waals surface area contributed by atoms with E-state index >= 15 is 0 Å².